The highest BCUT2D eigenvalue weighted by Gasteiger charge is 2.31. The normalized spacial score (nSPS) is 14.6. The molecule has 0 amide bonds. The van der Waals surface area contributed by atoms with E-state index in [-0.39, 0.29) is 6.04 Å². The highest BCUT2D eigenvalue weighted by molar-refractivity contribution is 5.64. The van der Waals surface area contributed by atoms with E-state index < -0.39 is 0 Å². The first-order valence-corrected chi connectivity index (χ1v) is 18.1. The van der Waals surface area contributed by atoms with Gasteiger partial charge in [0, 0.05) is 62.0 Å². The molecule has 1 heterocycles. The van der Waals surface area contributed by atoms with E-state index in [1.807, 2.05) is 0 Å². The summed E-state index contributed by atoms with van der Waals surface area (Å²) in [5.74, 6) is 0.591. The van der Waals surface area contributed by atoms with Crippen molar-refractivity contribution in [2.45, 2.75) is 12.5 Å². The van der Waals surface area contributed by atoms with Crippen molar-refractivity contribution in [3.63, 3.8) is 0 Å². The minimum Gasteiger partial charge on any atom is -0.340 e. The zero-order valence-corrected chi connectivity index (χ0v) is 28.9. The lowest BCUT2D eigenvalue weighted by molar-refractivity contribution is 0.223. The van der Waals surface area contributed by atoms with E-state index in [1.165, 1.54) is 40.3 Å². The Balaban J connectivity index is 1.13. The van der Waals surface area contributed by atoms with Crippen LogP contribution in [-0.4, -0.2) is 55.6 Å². The molecule has 0 saturated carbocycles. The van der Waals surface area contributed by atoms with Gasteiger partial charge in [-0.2, -0.15) is 0 Å². The summed E-state index contributed by atoms with van der Waals surface area (Å²) in [4.78, 5) is 10.4. The van der Waals surface area contributed by atoms with Crippen LogP contribution in [-0.2, 0) is 0 Å². The Hall–Kier alpha value is -5.16. The molecule has 1 atom stereocenters. The Morgan fingerprint density at radius 2 is 0.780 bits per heavy atom. The van der Waals surface area contributed by atoms with E-state index in [0.717, 1.165) is 45.8 Å². The molecule has 1 aliphatic rings. The van der Waals surface area contributed by atoms with Crippen LogP contribution in [0.25, 0.3) is 0 Å². The fourth-order valence-electron chi connectivity index (χ4n) is 7.52. The van der Waals surface area contributed by atoms with Gasteiger partial charge in [-0.3, -0.25) is 9.80 Å². The number of likely N-dealkylation sites (tertiary alicyclic amines) is 1. The molecule has 0 spiro atoms. The molecular weight excluding hydrogens is 609 g/mol. The van der Waals surface area contributed by atoms with Crippen LogP contribution >= 0.6 is 0 Å². The first-order chi connectivity index (χ1) is 24.8. The largest absolute Gasteiger partial charge is 0.340 e. The number of hydrogen-bond acceptors (Lipinski definition) is 4. The van der Waals surface area contributed by atoms with Crippen LogP contribution in [0.15, 0.2) is 182 Å². The van der Waals surface area contributed by atoms with E-state index in [1.54, 1.807) is 0 Å². The molecule has 4 nitrogen and oxygen atoms in total. The molecule has 6 aromatic carbocycles. The molecule has 0 bridgehead atoms. The first kappa shape index (κ1) is 33.3. The molecule has 1 unspecified atom stereocenters. The summed E-state index contributed by atoms with van der Waals surface area (Å²) < 4.78 is 0. The number of anilines is 4. The monoisotopic (exact) mass is 656 g/mol. The van der Waals surface area contributed by atoms with Gasteiger partial charge in [0.2, 0.25) is 0 Å². The van der Waals surface area contributed by atoms with Crippen molar-refractivity contribution in [2.75, 3.05) is 55.6 Å². The van der Waals surface area contributed by atoms with Gasteiger partial charge in [0.25, 0.3) is 0 Å². The second kappa shape index (κ2) is 17.0. The molecule has 50 heavy (non-hydrogen) atoms. The lowest BCUT2D eigenvalue weighted by Crippen LogP contribution is -2.41. The minimum absolute atomic E-state index is 0.272. The average molecular weight is 657 g/mol. The van der Waals surface area contributed by atoms with Crippen molar-refractivity contribution in [2.24, 2.45) is 5.92 Å². The summed E-state index contributed by atoms with van der Waals surface area (Å²) in [6.45, 7) is 7.04. The van der Waals surface area contributed by atoms with Crippen LogP contribution in [0.3, 0.4) is 0 Å². The van der Waals surface area contributed by atoms with Crippen molar-refractivity contribution < 1.29 is 0 Å². The fourth-order valence-corrected chi connectivity index (χ4v) is 7.52. The molecule has 0 radical (unpaired) electrons. The van der Waals surface area contributed by atoms with Crippen LogP contribution in [0.5, 0.6) is 0 Å². The molecule has 6 aromatic rings. The summed E-state index contributed by atoms with van der Waals surface area (Å²) in [5, 5.41) is 0. The Morgan fingerprint density at radius 1 is 0.440 bits per heavy atom. The van der Waals surface area contributed by atoms with Crippen LogP contribution < -0.4 is 9.80 Å². The van der Waals surface area contributed by atoms with Gasteiger partial charge in [-0.25, -0.2) is 0 Å². The van der Waals surface area contributed by atoms with Gasteiger partial charge >= 0.3 is 0 Å². The molecule has 7 rings (SSSR count). The van der Waals surface area contributed by atoms with E-state index in [0.29, 0.717) is 5.92 Å². The number of nitrogens with zero attached hydrogens (tertiary/aromatic N) is 4. The number of benzene rings is 6. The minimum atomic E-state index is 0.272. The van der Waals surface area contributed by atoms with Crippen LogP contribution in [0.4, 0.5) is 22.7 Å². The van der Waals surface area contributed by atoms with Gasteiger partial charge in [0.1, 0.15) is 0 Å². The number of rotatable bonds is 15. The third kappa shape index (κ3) is 8.52. The molecule has 1 saturated heterocycles. The van der Waals surface area contributed by atoms with Crippen LogP contribution in [0.1, 0.15) is 23.6 Å². The first-order valence-electron chi connectivity index (χ1n) is 18.1. The van der Waals surface area contributed by atoms with E-state index >= 15 is 0 Å². The highest BCUT2D eigenvalue weighted by atomic mass is 15.2. The van der Waals surface area contributed by atoms with Crippen molar-refractivity contribution in [3.05, 3.63) is 193 Å². The molecule has 4 heteroatoms. The third-order valence-electron chi connectivity index (χ3n) is 9.98. The lowest BCUT2D eigenvalue weighted by atomic mass is 9.97. The fraction of sp³-hybridized carbons (Fsp3) is 0.217. The Kier molecular flexibility index (Phi) is 11.3. The maximum atomic E-state index is 2.73. The maximum absolute atomic E-state index is 2.73. The van der Waals surface area contributed by atoms with Gasteiger partial charge in [0.05, 0.1) is 6.04 Å². The zero-order chi connectivity index (χ0) is 33.8. The summed E-state index contributed by atoms with van der Waals surface area (Å²) in [6.07, 6.45) is 1.20. The number of para-hydroxylation sites is 4. The van der Waals surface area contributed by atoms with Crippen LogP contribution in [0, 0.1) is 5.92 Å². The van der Waals surface area contributed by atoms with Gasteiger partial charge in [-0.1, -0.05) is 133 Å². The topological polar surface area (TPSA) is 13.0 Å². The molecule has 252 valence electrons. The van der Waals surface area contributed by atoms with Crippen molar-refractivity contribution in [1.29, 1.82) is 0 Å². The molecular formula is C46H48N4. The summed E-state index contributed by atoms with van der Waals surface area (Å²) in [7, 11) is 0. The second-order valence-electron chi connectivity index (χ2n) is 13.3. The smallest absolute Gasteiger partial charge is 0.0601 e. The Bertz CT molecular complexity index is 1610. The van der Waals surface area contributed by atoms with Gasteiger partial charge in [-0.15, -0.1) is 0 Å². The van der Waals surface area contributed by atoms with Gasteiger partial charge < -0.3 is 9.80 Å². The van der Waals surface area contributed by atoms with Crippen molar-refractivity contribution in [3.8, 4) is 0 Å². The van der Waals surface area contributed by atoms with E-state index in [2.05, 4.69) is 202 Å². The molecule has 0 aliphatic carbocycles. The second-order valence-corrected chi connectivity index (χ2v) is 13.3. The van der Waals surface area contributed by atoms with Crippen molar-refractivity contribution >= 4 is 22.7 Å². The van der Waals surface area contributed by atoms with Crippen LogP contribution in [0.2, 0.25) is 0 Å². The molecule has 1 aliphatic heterocycles. The standard InChI is InChI=1S/C46H48N4/c1-7-19-40(20-8-1)46(41-21-9-2-10-22-41)48-32-31-39(38-48)37-47(33-35-49(42-23-11-3-12-24-42)43-25-13-4-14-26-43)34-36-50(44-27-15-5-16-28-44)45-29-17-6-18-30-45/h1-30,39,46H,31-38H2. The zero-order valence-electron chi connectivity index (χ0n) is 28.9. The summed E-state index contributed by atoms with van der Waals surface area (Å²) in [6, 6.07) is 65.8. The van der Waals surface area contributed by atoms with Crippen molar-refractivity contribution in [1.82, 2.24) is 9.80 Å². The Labute approximate surface area is 298 Å². The Morgan fingerprint density at radius 3 is 1.14 bits per heavy atom. The average Bonchev–Trinajstić information content (AvgIpc) is 3.65. The summed E-state index contributed by atoms with van der Waals surface area (Å²) >= 11 is 0. The number of hydrogen-bond donors (Lipinski definition) is 0. The maximum Gasteiger partial charge on any atom is 0.0601 e. The van der Waals surface area contributed by atoms with E-state index in [9.17, 15) is 0 Å². The highest BCUT2D eigenvalue weighted by Crippen LogP contribution is 2.34. The predicted octanol–water partition coefficient (Wildman–Crippen LogP) is 10.1. The molecule has 0 N–H and O–H groups in total. The quantitative estimate of drug-likeness (QED) is 0.109. The predicted molar refractivity (Wildman–Crippen MR) is 211 cm³/mol. The lowest BCUT2D eigenvalue weighted by Gasteiger charge is -2.33. The molecule has 1 fully saturated rings. The summed E-state index contributed by atoms with van der Waals surface area (Å²) in [5.41, 5.74) is 7.67. The third-order valence-corrected chi connectivity index (χ3v) is 9.98. The molecule has 0 aromatic heterocycles. The van der Waals surface area contributed by atoms with Gasteiger partial charge in [0.15, 0.2) is 0 Å². The van der Waals surface area contributed by atoms with Gasteiger partial charge in [-0.05, 0) is 78.5 Å². The SMILES string of the molecule is c1ccc(C(c2ccccc2)N2CCC(CN(CCN(c3ccccc3)c3ccccc3)CCN(c3ccccc3)c3ccccc3)C2)cc1. The van der Waals surface area contributed by atoms with E-state index in [4.69, 9.17) is 0 Å².